The van der Waals surface area contributed by atoms with Gasteiger partial charge in [-0.3, -0.25) is 24.9 Å². The summed E-state index contributed by atoms with van der Waals surface area (Å²) < 4.78 is 16.5. The second-order valence-electron chi connectivity index (χ2n) is 6.16. The van der Waals surface area contributed by atoms with Crippen molar-refractivity contribution < 1.29 is 14.1 Å². The molecule has 3 rings (SSSR count). The number of carbonyl (C=O) groups is 1. The number of halogens is 1. The van der Waals surface area contributed by atoms with Crippen LogP contribution < -0.4 is 5.32 Å². The second-order valence-corrected chi connectivity index (χ2v) is 6.16. The Balaban J connectivity index is 1.57. The van der Waals surface area contributed by atoms with Crippen LogP contribution in [0.5, 0.6) is 0 Å². The fraction of sp³-hybridized carbons (Fsp3) is 0.294. The second kappa shape index (κ2) is 7.94. The molecule has 0 unspecified atom stereocenters. The average Bonchev–Trinajstić information content (AvgIpc) is 3.18. The predicted molar refractivity (Wildman–Crippen MR) is 97.1 cm³/mol. The summed E-state index contributed by atoms with van der Waals surface area (Å²) in [7, 11) is 0. The molecule has 2 aromatic heterocycles. The molecule has 0 saturated carbocycles. The van der Waals surface area contributed by atoms with E-state index in [0.717, 1.165) is 0 Å². The van der Waals surface area contributed by atoms with Crippen LogP contribution in [0, 0.1) is 29.8 Å². The first-order chi connectivity index (χ1) is 13.3. The molecule has 1 aromatic carbocycles. The van der Waals surface area contributed by atoms with Crippen LogP contribution in [0.15, 0.2) is 30.6 Å². The molecular formula is C17H18FN7O3. The average molecular weight is 387 g/mol. The predicted octanol–water partition coefficient (Wildman–Crippen LogP) is 2.22. The van der Waals surface area contributed by atoms with Crippen molar-refractivity contribution in [2.45, 2.75) is 33.4 Å². The van der Waals surface area contributed by atoms with Gasteiger partial charge in [0.1, 0.15) is 23.5 Å². The summed E-state index contributed by atoms with van der Waals surface area (Å²) in [5.74, 6) is -0.609. The first kappa shape index (κ1) is 19.1. The minimum atomic E-state index is -0.486. The third kappa shape index (κ3) is 4.19. The van der Waals surface area contributed by atoms with E-state index in [4.69, 9.17) is 0 Å². The van der Waals surface area contributed by atoms with Gasteiger partial charge in [-0.2, -0.15) is 5.10 Å². The van der Waals surface area contributed by atoms with Crippen molar-refractivity contribution in [1.29, 1.82) is 0 Å². The molecule has 0 fully saturated rings. The Morgan fingerprint density at radius 2 is 2.04 bits per heavy atom. The number of hydrogen-bond donors (Lipinski definition) is 1. The Morgan fingerprint density at radius 3 is 2.71 bits per heavy atom. The number of aryl methyl sites for hydroxylation is 2. The van der Waals surface area contributed by atoms with Gasteiger partial charge in [0.05, 0.1) is 18.0 Å². The molecule has 10 nitrogen and oxygen atoms in total. The smallest absolute Gasteiger partial charge is 0.293 e. The summed E-state index contributed by atoms with van der Waals surface area (Å²) in [6.45, 7) is 3.50. The third-order valence-electron chi connectivity index (χ3n) is 4.15. The molecule has 1 N–H and O–H groups in total. The molecule has 1 amide bonds. The van der Waals surface area contributed by atoms with Crippen molar-refractivity contribution in [1.82, 2.24) is 24.5 Å². The summed E-state index contributed by atoms with van der Waals surface area (Å²) in [6, 6.07) is 6.33. The fourth-order valence-corrected chi connectivity index (χ4v) is 2.79. The SMILES string of the molecule is Cc1nn(CCC(=O)Nc2ncn(Cc3ccccc3F)n2)c(C)c1[N+](=O)[O-]. The summed E-state index contributed by atoms with van der Waals surface area (Å²) in [4.78, 5) is 26.6. The van der Waals surface area contributed by atoms with Gasteiger partial charge >= 0.3 is 5.69 Å². The Hall–Kier alpha value is -3.63. The fourth-order valence-electron chi connectivity index (χ4n) is 2.79. The van der Waals surface area contributed by atoms with E-state index >= 15 is 0 Å². The molecule has 0 radical (unpaired) electrons. The van der Waals surface area contributed by atoms with E-state index in [0.29, 0.717) is 17.0 Å². The minimum absolute atomic E-state index is 0.0426. The Bertz CT molecular complexity index is 1030. The summed E-state index contributed by atoms with van der Waals surface area (Å²) in [5.41, 5.74) is 1.10. The molecule has 2 heterocycles. The molecule has 0 atom stereocenters. The van der Waals surface area contributed by atoms with Gasteiger partial charge < -0.3 is 0 Å². The van der Waals surface area contributed by atoms with E-state index < -0.39 is 4.92 Å². The topological polar surface area (TPSA) is 121 Å². The maximum atomic E-state index is 13.7. The molecule has 0 bridgehead atoms. The highest BCUT2D eigenvalue weighted by Crippen LogP contribution is 2.21. The van der Waals surface area contributed by atoms with Gasteiger partial charge in [-0.15, -0.1) is 5.10 Å². The van der Waals surface area contributed by atoms with Crippen LogP contribution in [0.25, 0.3) is 0 Å². The monoisotopic (exact) mass is 387 g/mol. The first-order valence-corrected chi connectivity index (χ1v) is 8.46. The van der Waals surface area contributed by atoms with Gasteiger partial charge in [0.2, 0.25) is 11.9 Å². The van der Waals surface area contributed by atoms with Gasteiger partial charge in [-0.25, -0.2) is 14.1 Å². The molecule has 11 heteroatoms. The zero-order valence-corrected chi connectivity index (χ0v) is 15.3. The lowest BCUT2D eigenvalue weighted by molar-refractivity contribution is -0.386. The first-order valence-electron chi connectivity index (χ1n) is 8.46. The molecule has 0 aliphatic rings. The van der Waals surface area contributed by atoms with Crippen molar-refractivity contribution in [3.8, 4) is 0 Å². The van der Waals surface area contributed by atoms with Crippen molar-refractivity contribution in [2.75, 3.05) is 5.32 Å². The number of amides is 1. The number of nitro groups is 1. The lowest BCUT2D eigenvalue weighted by Gasteiger charge is -2.04. The van der Waals surface area contributed by atoms with Crippen LogP contribution in [0.4, 0.5) is 16.0 Å². The maximum Gasteiger partial charge on any atom is 0.312 e. The zero-order chi connectivity index (χ0) is 20.3. The van der Waals surface area contributed by atoms with Crippen molar-refractivity contribution in [2.24, 2.45) is 0 Å². The maximum absolute atomic E-state index is 13.7. The van der Waals surface area contributed by atoms with Gasteiger partial charge in [0.15, 0.2) is 0 Å². The van der Waals surface area contributed by atoms with Crippen molar-refractivity contribution >= 4 is 17.5 Å². The minimum Gasteiger partial charge on any atom is -0.293 e. The highest BCUT2D eigenvalue weighted by molar-refractivity contribution is 5.88. The van der Waals surface area contributed by atoms with Crippen LogP contribution in [-0.2, 0) is 17.9 Å². The molecule has 0 aliphatic heterocycles. The largest absolute Gasteiger partial charge is 0.312 e. The van der Waals surface area contributed by atoms with E-state index in [1.165, 1.54) is 21.8 Å². The van der Waals surface area contributed by atoms with E-state index in [9.17, 15) is 19.3 Å². The van der Waals surface area contributed by atoms with Crippen LogP contribution in [0.1, 0.15) is 23.4 Å². The van der Waals surface area contributed by atoms with Crippen LogP contribution in [0.2, 0.25) is 0 Å². The van der Waals surface area contributed by atoms with Gasteiger partial charge in [-0.1, -0.05) is 18.2 Å². The Labute approximate surface area is 159 Å². The van der Waals surface area contributed by atoms with Crippen LogP contribution >= 0.6 is 0 Å². The lowest BCUT2D eigenvalue weighted by atomic mass is 10.2. The van der Waals surface area contributed by atoms with Crippen molar-refractivity contribution in [3.05, 3.63) is 63.5 Å². The summed E-state index contributed by atoms with van der Waals surface area (Å²) in [5, 5.41) is 21.8. The number of nitrogens with one attached hydrogen (secondary N) is 1. The number of benzene rings is 1. The highest BCUT2D eigenvalue weighted by atomic mass is 19.1. The summed E-state index contributed by atoms with van der Waals surface area (Å²) >= 11 is 0. The molecule has 146 valence electrons. The molecule has 0 aliphatic carbocycles. The Morgan fingerprint density at radius 1 is 1.29 bits per heavy atom. The number of aromatic nitrogens is 5. The van der Waals surface area contributed by atoms with Gasteiger partial charge in [0, 0.05) is 12.0 Å². The molecule has 3 aromatic rings. The highest BCUT2D eigenvalue weighted by Gasteiger charge is 2.22. The number of carbonyl (C=O) groups excluding carboxylic acids is 1. The number of rotatable bonds is 7. The number of hydrogen-bond acceptors (Lipinski definition) is 6. The standard InChI is InChI=1S/C17H18FN7O3/c1-11-16(25(27)28)12(2)24(21-11)8-7-15(26)20-17-19-10-23(22-17)9-13-5-3-4-6-14(13)18/h3-6,10H,7-9H2,1-2H3,(H,20,22,26). The lowest BCUT2D eigenvalue weighted by Crippen LogP contribution is -2.16. The van der Waals surface area contributed by atoms with Gasteiger partial charge in [0.25, 0.3) is 0 Å². The van der Waals surface area contributed by atoms with Crippen LogP contribution in [-0.4, -0.2) is 35.4 Å². The van der Waals surface area contributed by atoms with E-state index in [1.807, 2.05) is 0 Å². The van der Waals surface area contributed by atoms with Gasteiger partial charge in [-0.05, 0) is 19.9 Å². The van der Waals surface area contributed by atoms with E-state index in [2.05, 4.69) is 20.5 Å². The number of anilines is 1. The molecular weight excluding hydrogens is 369 g/mol. The zero-order valence-electron chi connectivity index (χ0n) is 15.3. The Kier molecular flexibility index (Phi) is 5.43. The molecule has 0 spiro atoms. The van der Waals surface area contributed by atoms with E-state index in [1.54, 1.807) is 32.0 Å². The quantitative estimate of drug-likeness (QED) is 0.490. The molecule has 0 saturated heterocycles. The number of nitrogens with zero attached hydrogens (tertiary/aromatic N) is 6. The van der Waals surface area contributed by atoms with Crippen molar-refractivity contribution in [3.63, 3.8) is 0 Å². The normalized spacial score (nSPS) is 10.8. The summed E-state index contributed by atoms with van der Waals surface area (Å²) in [6.07, 6.45) is 1.44. The third-order valence-corrected chi connectivity index (χ3v) is 4.15. The van der Waals surface area contributed by atoms with Crippen LogP contribution in [0.3, 0.4) is 0 Å². The molecule has 28 heavy (non-hydrogen) atoms. The van der Waals surface area contributed by atoms with E-state index in [-0.39, 0.29) is 42.9 Å².